The Morgan fingerprint density at radius 2 is 1.92 bits per heavy atom. The molecule has 0 spiro atoms. The normalized spacial score (nSPS) is 11.2. The van der Waals surface area contributed by atoms with E-state index in [1.54, 1.807) is 18.2 Å². The summed E-state index contributed by atoms with van der Waals surface area (Å²) in [4.78, 5) is 12.0. The first-order chi connectivity index (χ1) is 11.2. The van der Waals surface area contributed by atoms with Gasteiger partial charge in [0, 0.05) is 22.2 Å². The lowest BCUT2D eigenvalue weighted by Gasteiger charge is -2.10. The van der Waals surface area contributed by atoms with Crippen molar-refractivity contribution in [3.63, 3.8) is 0 Å². The van der Waals surface area contributed by atoms with Crippen molar-refractivity contribution < 1.29 is 17.9 Å². The predicted octanol–water partition coefficient (Wildman–Crippen LogP) is 2.58. The fourth-order valence-electron chi connectivity index (χ4n) is 1.98. The Labute approximate surface area is 149 Å². The molecule has 0 bridgehead atoms. The molecule has 0 saturated heterocycles. The third kappa shape index (κ3) is 4.39. The largest absolute Gasteiger partial charge is 0.495 e. The molecule has 0 unspecified atom stereocenters. The highest BCUT2D eigenvalue weighted by Gasteiger charge is 2.18. The molecular weight excluding hydrogens is 375 g/mol. The van der Waals surface area contributed by atoms with E-state index in [9.17, 15) is 13.2 Å². The van der Waals surface area contributed by atoms with E-state index in [4.69, 9.17) is 33.1 Å². The number of nitrogens with one attached hydrogen (secondary N) is 1. The lowest BCUT2D eigenvalue weighted by atomic mass is 10.2. The molecule has 6 nitrogen and oxygen atoms in total. The van der Waals surface area contributed by atoms with Crippen molar-refractivity contribution in [1.29, 1.82) is 0 Å². The number of ether oxygens (including phenoxy) is 1. The van der Waals surface area contributed by atoms with Gasteiger partial charge in [0.15, 0.2) is 0 Å². The van der Waals surface area contributed by atoms with E-state index in [-0.39, 0.29) is 22.8 Å². The summed E-state index contributed by atoms with van der Waals surface area (Å²) in [7, 11) is -2.71. The molecule has 1 amide bonds. The molecule has 3 N–H and O–H groups in total. The minimum atomic E-state index is -4.02. The van der Waals surface area contributed by atoms with E-state index in [2.05, 4.69) is 5.32 Å². The maximum Gasteiger partial charge on any atom is 0.251 e. The molecular formula is C15H14Cl2N2O4S. The number of hydrogen-bond donors (Lipinski definition) is 2. The van der Waals surface area contributed by atoms with Gasteiger partial charge in [0.2, 0.25) is 10.0 Å². The second-order valence-electron chi connectivity index (χ2n) is 4.83. The van der Waals surface area contributed by atoms with E-state index in [0.29, 0.717) is 15.6 Å². The molecule has 0 radical (unpaired) electrons. The van der Waals surface area contributed by atoms with Gasteiger partial charge in [-0.15, -0.1) is 0 Å². The van der Waals surface area contributed by atoms with Crippen LogP contribution in [0, 0.1) is 0 Å². The molecule has 0 heterocycles. The number of primary sulfonamides is 1. The smallest absolute Gasteiger partial charge is 0.251 e. The molecule has 0 aromatic heterocycles. The fourth-order valence-corrected chi connectivity index (χ4v) is 3.18. The minimum Gasteiger partial charge on any atom is -0.495 e. The molecule has 2 rings (SSSR count). The van der Waals surface area contributed by atoms with Crippen LogP contribution in [0.15, 0.2) is 41.3 Å². The van der Waals surface area contributed by atoms with Gasteiger partial charge in [-0.2, -0.15) is 0 Å². The first kappa shape index (κ1) is 18.5. The summed E-state index contributed by atoms with van der Waals surface area (Å²) in [6.07, 6.45) is 0. The average molecular weight is 389 g/mol. The summed E-state index contributed by atoms with van der Waals surface area (Å²) >= 11 is 11.8. The zero-order valence-electron chi connectivity index (χ0n) is 12.5. The highest BCUT2D eigenvalue weighted by Crippen LogP contribution is 2.24. The Hall–Kier alpha value is -1.80. The number of nitrogens with two attached hydrogens (primary N) is 1. The molecule has 0 aliphatic rings. The number of hydrogen-bond acceptors (Lipinski definition) is 4. The van der Waals surface area contributed by atoms with Crippen molar-refractivity contribution in [2.24, 2.45) is 5.14 Å². The Balaban J connectivity index is 2.21. The number of carbonyl (C=O) groups is 1. The first-order valence-corrected chi connectivity index (χ1v) is 8.95. The molecule has 2 aromatic carbocycles. The number of methoxy groups -OCH3 is 1. The summed E-state index contributed by atoms with van der Waals surface area (Å²) in [6, 6.07) is 8.87. The molecule has 0 fully saturated rings. The number of sulfonamides is 1. The van der Waals surface area contributed by atoms with Crippen LogP contribution in [-0.2, 0) is 16.6 Å². The lowest BCUT2D eigenvalue weighted by Crippen LogP contribution is -2.23. The minimum absolute atomic E-state index is 0.0646. The summed E-state index contributed by atoms with van der Waals surface area (Å²) in [6.45, 7) is 0.158. The van der Waals surface area contributed by atoms with Crippen LogP contribution >= 0.6 is 23.2 Å². The SMILES string of the molecule is COc1ccc(C(=O)NCc2ccc(Cl)cc2Cl)cc1S(N)(=O)=O. The monoisotopic (exact) mass is 388 g/mol. The molecule has 0 aliphatic heterocycles. The molecule has 0 saturated carbocycles. The van der Waals surface area contributed by atoms with Gasteiger partial charge in [0.05, 0.1) is 7.11 Å². The van der Waals surface area contributed by atoms with Crippen molar-refractivity contribution in [1.82, 2.24) is 5.32 Å². The van der Waals surface area contributed by atoms with Crippen molar-refractivity contribution in [3.8, 4) is 5.75 Å². The third-order valence-electron chi connectivity index (χ3n) is 3.19. The second kappa shape index (κ2) is 7.40. The highest BCUT2D eigenvalue weighted by molar-refractivity contribution is 7.89. The Kier molecular flexibility index (Phi) is 5.71. The van der Waals surface area contributed by atoms with Crippen molar-refractivity contribution in [2.75, 3.05) is 7.11 Å². The predicted molar refractivity (Wildman–Crippen MR) is 92.0 cm³/mol. The van der Waals surface area contributed by atoms with Crippen LogP contribution in [0.2, 0.25) is 10.0 Å². The van der Waals surface area contributed by atoms with E-state index >= 15 is 0 Å². The topological polar surface area (TPSA) is 98.5 Å². The van der Waals surface area contributed by atoms with Gasteiger partial charge in [0.25, 0.3) is 5.91 Å². The quantitative estimate of drug-likeness (QED) is 0.821. The molecule has 0 atom stereocenters. The summed E-state index contributed by atoms with van der Waals surface area (Å²) in [5.41, 5.74) is 0.805. The zero-order valence-corrected chi connectivity index (χ0v) is 14.9. The van der Waals surface area contributed by atoms with Gasteiger partial charge >= 0.3 is 0 Å². The Morgan fingerprint density at radius 1 is 1.21 bits per heavy atom. The van der Waals surface area contributed by atoms with Gasteiger partial charge in [-0.05, 0) is 35.9 Å². The van der Waals surface area contributed by atoms with Gasteiger partial charge in [-0.3, -0.25) is 4.79 Å². The first-order valence-electron chi connectivity index (χ1n) is 6.65. The number of benzene rings is 2. The molecule has 2 aromatic rings. The Bertz CT molecular complexity index is 885. The second-order valence-corrected chi connectivity index (χ2v) is 7.20. The zero-order chi connectivity index (χ0) is 17.9. The van der Waals surface area contributed by atoms with E-state index in [0.717, 1.165) is 6.07 Å². The summed E-state index contributed by atoms with van der Waals surface area (Å²) in [5.74, 6) is -0.414. The van der Waals surface area contributed by atoms with E-state index < -0.39 is 15.9 Å². The molecule has 128 valence electrons. The highest BCUT2D eigenvalue weighted by atomic mass is 35.5. The maximum absolute atomic E-state index is 12.2. The van der Waals surface area contributed by atoms with Gasteiger partial charge in [0.1, 0.15) is 10.6 Å². The van der Waals surface area contributed by atoms with Crippen molar-refractivity contribution in [3.05, 3.63) is 57.6 Å². The standard InChI is InChI=1S/C15H14Cl2N2O4S/c1-23-13-5-3-9(6-14(13)24(18,21)22)15(20)19-8-10-2-4-11(16)7-12(10)17/h2-7H,8H2,1H3,(H,19,20)(H2,18,21,22). The fraction of sp³-hybridized carbons (Fsp3) is 0.133. The molecule has 0 aliphatic carbocycles. The van der Waals surface area contributed by atoms with Gasteiger partial charge in [-0.1, -0.05) is 29.3 Å². The average Bonchev–Trinajstić information content (AvgIpc) is 2.52. The van der Waals surface area contributed by atoms with Gasteiger partial charge < -0.3 is 10.1 Å². The lowest BCUT2D eigenvalue weighted by molar-refractivity contribution is 0.0950. The molecule has 9 heteroatoms. The van der Waals surface area contributed by atoms with Crippen LogP contribution in [0.3, 0.4) is 0 Å². The number of amides is 1. The van der Waals surface area contributed by atoms with E-state index in [1.807, 2.05) is 0 Å². The summed E-state index contributed by atoms with van der Waals surface area (Å²) in [5, 5.41) is 8.69. The number of halogens is 2. The van der Waals surface area contributed by atoms with Crippen LogP contribution in [0.5, 0.6) is 5.75 Å². The van der Waals surface area contributed by atoms with Crippen LogP contribution < -0.4 is 15.2 Å². The van der Waals surface area contributed by atoms with E-state index in [1.165, 1.54) is 19.2 Å². The Morgan fingerprint density at radius 3 is 2.50 bits per heavy atom. The summed E-state index contributed by atoms with van der Waals surface area (Å²) < 4.78 is 28.1. The van der Waals surface area contributed by atoms with Crippen LogP contribution in [-0.4, -0.2) is 21.4 Å². The van der Waals surface area contributed by atoms with Crippen LogP contribution in [0.1, 0.15) is 15.9 Å². The third-order valence-corrected chi connectivity index (χ3v) is 4.71. The van der Waals surface area contributed by atoms with Crippen molar-refractivity contribution >= 4 is 39.1 Å². The number of carbonyl (C=O) groups excluding carboxylic acids is 1. The van der Waals surface area contributed by atoms with Crippen LogP contribution in [0.25, 0.3) is 0 Å². The van der Waals surface area contributed by atoms with Crippen molar-refractivity contribution in [2.45, 2.75) is 11.4 Å². The van der Waals surface area contributed by atoms with Crippen LogP contribution in [0.4, 0.5) is 0 Å². The maximum atomic E-state index is 12.2. The molecule has 24 heavy (non-hydrogen) atoms. The number of rotatable bonds is 5. The van der Waals surface area contributed by atoms with Gasteiger partial charge in [-0.25, -0.2) is 13.6 Å².